The van der Waals surface area contributed by atoms with Gasteiger partial charge in [-0.25, -0.2) is 4.79 Å². The molecule has 7 heteroatoms. The van der Waals surface area contributed by atoms with E-state index in [1.165, 1.54) is 12.3 Å². The topological polar surface area (TPSA) is 77.8 Å². The second-order valence-corrected chi connectivity index (χ2v) is 5.48. The molecule has 1 fully saturated rings. The van der Waals surface area contributed by atoms with Gasteiger partial charge in [0.15, 0.2) is 11.7 Å². The number of hydrogen-bond donors (Lipinski definition) is 0. The van der Waals surface area contributed by atoms with Crippen LogP contribution in [0.5, 0.6) is 0 Å². The number of carbonyl (C=O) groups is 2. The fourth-order valence-corrected chi connectivity index (χ4v) is 2.92. The first-order valence-electron chi connectivity index (χ1n) is 7.38. The molecule has 0 saturated carbocycles. The molecule has 1 saturated heterocycles. The highest BCUT2D eigenvalue weighted by Crippen LogP contribution is 2.25. The lowest BCUT2D eigenvalue weighted by atomic mass is 10.1. The molecule has 118 valence electrons. The predicted octanol–water partition coefficient (Wildman–Crippen LogP) is 0.616. The Kier molecular flexibility index (Phi) is 3.74. The first-order chi connectivity index (χ1) is 10.5. The lowest BCUT2D eigenvalue weighted by molar-refractivity contribution is -0.112. The van der Waals surface area contributed by atoms with Crippen LogP contribution < -0.4 is 5.43 Å². The summed E-state index contributed by atoms with van der Waals surface area (Å²) in [5.74, 6) is -0.911. The molecule has 22 heavy (non-hydrogen) atoms. The van der Waals surface area contributed by atoms with Crippen LogP contribution in [0.3, 0.4) is 0 Å². The maximum absolute atomic E-state index is 12.6. The number of hydrogen-bond acceptors (Lipinski definition) is 5. The fourth-order valence-electron chi connectivity index (χ4n) is 2.92. The predicted molar refractivity (Wildman–Crippen MR) is 76.6 cm³/mol. The minimum absolute atomic E-state index is 0.0595. The Balaban J connectivity index is 2.02. The summed E-state index contributed by atoms with van der Waals surface area (Å²) in [5.41, 5.74) is -0.274. The number of fused-ring (bicyclic) bond motifs is 2. The standard InChI is InChI=1S/C15H18N2O5/c1-3-21-15(20)10-7-16-8-13-17(9(2)4-5-22-13)14(19)11(16)6-12(10)18/h6-7,9,13H,3-5,8H2,1-2H3/t9-,13+/m1/s1. The zero-order valence-corrected chi connectivity index (χ0v) is 12.6. The van der Waals surface area contributed by atoms with Crippen molar-refractivity contribution in [3.63, 3.8) is 0 Å². The summed E-state index contributed by atoms with van der Waals surface area (Å²) in [6.07, 6.45) is 1.81. The van der Waals surface area contributed by atoms with Crippen molar-refractivity contribution < 1.29 is 19.1 Å². The summed E-state index contributed by atoms with van der Waals surface area (Å²) in [6, 6.07) is 1.28. The van der Waals surface area contributed by atoms with E-state index in [0.717, 1.165) is 6.42 Å². The lowest BCUT2D eigenvalue weighted by Gasteiger charge is -2.44. The molecule has 0 aliphatic carbocycles. The van der Waals surface area contributed by atoms with Crippen LogP contribution in [-0.2, 0) is 16.0 Å². The molecule has 1 aromatic rings. The van der Waals surface area contributed by atoms with Gasteiger partial charge in [-0.3, -0.25) is 9.59 Å². The molecular formula is C15H18N2O5. The van der Waals surface area contributed by atoms with Gasteiger partial charge in [0.25, 0.3) is 5.91 Å². The molecule has 0 aromatic carbocycles. The largest absolute Gasteiger partial charge is 0.462 e. The normalized spacial score (nSPS) is 23.7. The van der Waals surface area contributed by atoms with E-state index in [0.29, 0.717) is 13.2 Å². The summed E-state index contributed by atoms with van der Waals surface area (Å²) in [6.45, 7) is 4.82. The van der Waals surface area contributed by atoms with Gasteiger partial charge in [0.2, 0.25) is 0 Å². The Morgan fingerprint density at radius 1 is 1.45 bits per heavy atom. The minimum Gasteiger partial charge on any atom is -0.462 e. The first kappa shape index (κ1) is 14.8. The van der Waals surface area contributed by atoms with Crippen molar-refractivity contribution in [2.45, 2.75) is 39.1 Å². The molecule has 0 N–H and O–H groups in total. The third kappa shape index (κ3) is 2.31. The number of pyridine rings is 1. The molecule has 2 atom stereocenters. The SMILES string of the molecule is CCOC(=O)c1cn2c(cc1=O)C(=O)N1[C@H](C)CCO[C@H]1C2. The van der Waals surface area contributed by atoms with Gasteiger partial charge in [0.1, 0.15) is 11.3 Å². The van der Waals surface area contributed by atoms with Gasteiger partial charge in [0, 0.05) is 18.3 Å². The van der Waals surface area contributed by atoms with E-state index in [1.807, 2.05) is 6.92 Å². The number of carbonyl (C=O) groups excluding carboxylic acids is 2. The quantitative estimate of drug-likeness (QED) is 0.748. The zero-order chi connectivity index (χ0) is 15.9. The summed E-state index contributed by atoms with van der Waals surface area (Å²) in [5, 5.41) is 0. The van der Waals surface area contributed by atoms with Crippen LogP contribution in [0.2, 0.25) is 0 Å². The molecule has 0 unspecified atom stereocenters. The second kappa shape index (κ2) is 5.57. The Hall–Kier alpha value is -2.15. The molecule has 0 bridgehead atoms. The van der Waals surface area contributed by atoms with E-state index in [2.05, 4.69) is 0 Å². The first-order valence-corrected chi connectivity index (χ1v) is 7.38. The highest BCUT2D eigenvalue weighted by atomic mass is 16.5. The molecule has 1 amide bonds. The fraction of sp³-hybridized carbons (Fsp3) is 0.533. The van der Waals surface area contributed by atoms with Crippen molar-refractivity contribution in [1.29, 1.82) is 0 Å². The van der Waals surface area contributed by atoms with Crippen LogP contribution in [-0.4, -0.2) is 46.8 Å². The van der Waals surface area contributed by atoms with Crippen LogP contribution in [0.25, 0.3) is 0 Å². The van der Waals surface area contributed by atoms with Crippen LogP contribution in [0.4, 0.5) is 0 Å². The third-order valence-corrected chi connectivity index (χ3v) is 4.06. The number of rotatable bonds is 2. The number of amides is 1. The maximum Gasteiger partial charge on any atom is 0.343 e. The van der Waals surface area contributed by atoms with Crippen LogP contribution in [0.15, 0.2) is 17.1 Å². The molecule has 7 nitrogen and oxygen atoms in total. The zero-order valence-electron chi connectivity index (χ0n) is 12.6. The number of esters is 1. The van der Waals surface area contributed by atoms with Crippen molar-refractivity contribution >= 4 is 11.9 Å². The molecular weight excluding hydrogens is 288 g/mol. The van der Waals surface area contributed by atoms with Crippen molar-refractivity contribution in [1.82, 2.24) is 9.47 Å². The Bertz CT molecular complexity index is 681. The minimum atomic E-state index is -0.671. The van der Waals surface area contributed by atoms with Gasteiger partial charge in [-0.15, -0.1) is 0 Å². The van der Waals surface area contributed by atoms with Gasteiger partial charge >= 0.3 is 5.97 Å². The smallest absolute Gasteiger partial charge is 0.343 e. The second-order valence-electron chi connectivity index (χ2n) is 5.48. The van der Waals surface area contributed by atoms with Gasteiger partial charge in [0.05, 0.1) is 19.8 Å². The van der Waals surface area contributed by atoms with Crippen molar-refractivity contribution in [2.75, 3.05) is 13.2 Å². The maximum atomic E-state index is 12.6. The monoisotopic (exact) mass is 306 g/mol. The number of ether oxygens (including phenoxy) is 2. The summed E-state index contributed by atoms with van der Waals surface area (Å²) >= 11 is 0. The van der Waals surface area contributed by atoms with E-state index in [1.54, 1.807) is 16.4 Å². The van der Waals surface area contributed by atoms with E-state index in [-0.39, 0.29) is 36.0 Å². The molecule has 1 aromatic heterocycles. The van der Waals surface area contributed by atoms with Gasteiger partial charge in [-0.1, -0.05) is 0 Å². The van der Waals surface area contributed by atoms with Crippen LogP contribution >= 0.6 is 0 Å². The Morgan fingerprint density at radius 3 is 2.95 bits per heavy atom. The Labute approximate surface area is 127 Å². The summed E-state index contributed by atoms with van der Waals surface area (Å²) in [4.78, 5) is 38.1. The van der Waals surface area contributed by atoms with Gasteiger partial charge in [-0.05, 0) is 20.3 Å². The van der Waals surface area contributed by atoms with Crippen LogP contribution in [0.1, 0.15) is 41.1 Å². The molecule has 2 aliphatic heterocycles. The van der Waals surface area contributed by atoms with Crippen molar-refractivity contribution in [3.8, 4) is 0 Å². The van der Waals surface area contributed by atoms with Gasteiger partial charge < -0.3 is 18.9 Å². The van der Waals surface area contributed by atoms with E-state index in [9.17, 15) is 14.4 Å². The number of nitrogens with zero attached hydrogens (tertiary/aromatic N) is 2. The number of aromatic nitrogens is 1. The van der Waals surface area contributed by atoms with E-state index in [4.69, 9.17) is 9.47 Å². The summed E-state index contributed by atoms with van der Waals surface area (Å²) in [7, 11) is 0. The average molecular weight is 306 g/mol. The van der Waals surface area contributed by atoms with E-state index >= 15 is 0 Å². The molecule has 0 spiro atoms. The highest BCUT2D eigenvalue weighted by molar-refractivity contribution is 5.95. The molecule has 3 rings (SSSR count). The Morgan fingerprint density at radius 2 is 2.23 bits per heavy atom. The van der Waals surface area contributed by atoms with Crippen molar-refractivity contribution in [2.24, 2.45) is 0 Å². The average Bonchev–Trinajstić information content (AvgIpc) is 2.48. The third-order valence-electron chi connectivity index (χ3n) is 4.06. The van der Waals surface area contributed by atoms with Gasteiger partial charge in [-0.2, -0.15) is 0 Å². The summed E-state index contributed by atoms with van der Waals surface area (Å²) < 4.78 is 12.1. The lowest BCUT2D eigenvalue weighted by Crippen LogP contribution is -2.56. The van der Waals surface area contributed by atoms with Crippen LogP contribution in [0, 0.1) is 0 Å². The van der Waals surface area contributed by atoms with Crippen molar-refractivity contribution in [3.05, 3.63) is 33.7 Å². The molecule has 2 aliphatic rings. The van der Waals surface area contributed by atoms with E-state index < -0.39 is 11.4 Å². The highest BCUT2D eigenvalue weighted by Gasteiger charge is 2.38. The molecule has 0 radical (unpaired) electrons. The molecule has 3 heterocycles.